The van der Waals surface area contributed by atoms with Gasteiger partial charge in [-0.25, -0.2) is 4.79 Å². The molecule has 0 aromatic rings. The molecule has 2 aliphatic rings. The van der Waals surface area contributed by atoms with Gasteiger partial charge >= 0.3 is 6.09 Å². The Bertz CT molecular complexity index is 185. The topological polar surface area (TPSA) is 52.6 Å². The molecule has 0 aromatic heterocycles. The Balaban J connectivity index is 1.99. The van der Waals surface area contributed by atoms with Crippen LogP contribution in [0.5, 0.6) is 0 Å². The van der Waals surface area contributed by atoms with Crippen LogP contribution in [0.3, 0.4) is 0 Å². The summed E-state index contributed by atoms with van der Waals surface area (Å²) in [4.78, 5) is 12.5. The maximum Gasteiger partial charge on any atom is 0.407 e. The number of rotatable bonds is 2. The van der Waals surface area contributed by atoms with E-state index in [9.17, 15) is 4.79 Å². The van der Waals surface area contributed by atoms with E-state index in [0.29, 0.717) is 6.04 Å². The molecule has 2 fully saturated rings. The molecule has 12 heavy (non-hydrogen) atoms. The smallest absolute Gasteiger partial charge is 0.407 e. The van der Waals surface area contributed by atoms with Gasteiger partial charge in [-0.1, -0.05) is 0 Å². The van der Waals surface area contributed by atoms with Gasteiger partial charge in [0.25, 0.3) is 0 Å². The lowest BCUT2D eigenvalue weighted by Crippen LogP contribution is -2.42. The molecule has 1 amide bonds. The van der Waals surface area contributed by atoms with Crippen molar-refractivity contribution in [2.75, 3.05) is 13.1 Å². The zero-order valence-electron chi connectivity index (χ0n) is 6.99. The quantitative estimate of drug-likeness (QED) is 0.634. The molecular formula is C8H14N2O2. The molecule has 1 aliphatic carbocycles. The number of amides is 1. The first-order valence-electron chi connectivity index (χ1n) is 4.51. The molecule has 68 valence electrons. The van der Waals surface area contributed by atoms with Crippen LogP contribution in [-0.2, 0) is 0 Å². The summed E-state index contributed by atoms with van der Waals surface area (Å²) in [5, 5.41) is 12.1. The molecule has 1 atom stereocenters. The number of carboxylic acid groups (broad SMARTS) is 1. The third-order valence-corrected chi connectivity index (χ3v) is 2.59. The van der Waals surface area contributed by atoms with Crippen molar-refractivity contribution in [1.82, 2.24) is 10.2 Å². The first-order chi connectivity index (χ1) is 5.79. The van der Waals surface area contributed by atoms with E-state index in [0.717, 1.165) is 32.4 Å². The zero-order valence-corrected chi connectivity index (χ0v) is 6.99. The summed E-state index contributed by atoms with van der Waals surface area (Å²) in [5.74, 6) is 0. The average Bonchev–Trinajstić information content (AvgIpc) is 2.65. The van der Waals surface area contributed by atoms with Crippen LogP contribution in [0.15, 0.2) is 0 Å². The second-order valence-electron chi connectivity index (χ2n) is 3.57. The third kappa shape index (κ3) is 1.39. The summed E-state index contributed by atoms with van der Waals surface area (Å²) in [7, 11) is 0. The molecule has 1 heterocycles. The van der Waals surface area contributed by atoms with Gasteiger partial charge in [0, 0.05) is 18.6 Å². The lowest BCUT2D eigenvalue weighted by molar-refractivity contribution is 0.124. The lowest BCUT2D eigenvalue weighted by atomic mass is 10.2. The van der Waals surface area contributed by atoms with Crippen LogP contribution in [0.1, 0.15) is 19.3 Å². The third-order valence-electron chi connectivity index (χ3n) is 2.59. The van der Waals surface area contributed by atoms with Crippen molar-refractivity contribution in [1.29, 1.82) is 0 Å². The van der Waals surface area contributed by atoms with Crippen LogP contribution in [0, 0.1) is 0 Å². The highest BCUT2D eigenvalue weighted by atomic mass is 16.4. The SMILES string of the molecule is O=C(O)N(C1CC1)C1CCNC1. The molecule has 4 heteroatoms. The summed E-state index contributed by atoms with van der Waals surface area (Å²) in [6.45, 7) is 1.80. The number of hydrogen-bond acceptors (Lipinski definition) is 2. The molecule has 0 bridgehead atoms. The Hall–Kier alpha value is -0.770. The Morgan fingerprint density at radius 1 is 1.33 bits per heavy atom. The van der Waals surface area contributed by atoms with Crippen LogP contribution in [-0.4, -0.2) is 41.3 Å². The fraction of sp³-hybridized carbons (Fsp3) is 0.875. The molecule has 2 N–H and O–H groups in total. The van der Waals surface area contributed by atoms with E-state index < -0.39 is 6.09 Å². The summed E-state index contributed by atoms with van der Waals surface area (Å²) in [6, 6.07) is 0.558. The van der Waals surface area contributed by atoms with Crippen LogP contribution in [0.2, 0.25) is 0 Å². The minimum atomic E-state index is -0.744. The molecule has 1 unspecified atom stereocenters. The van der Waals surface area contributed by atoms with Gasteiger partial charge in [0.1, 0.15) is 0 Å². The fourth-order valence-electron chi connectivity index (χ4n) is 1.84. The van der Waals surface area contributed by atoms with Crippen molar-refractivity contribution in [3.8, 4) is 0 Å². The Labute approximate surface area is 71.5 Å². The number of hydrogen-bond donors (Lipinski definition) is 2. The van der Waals surface area contributed by atoms with Crippen LogP contribution in [0.4, 0.5) is 4.79 Å². The van der Waals surface area contributed by atoms with Crippen molar-refractivity contribution in [2.45, 2.75) is 31.3 Å². The Morgan fingerprint density at radius 3 is 2.50 bits per heavy atom. The Kier molecular flexibility index (Phi) is 1.92. The van der Waals surface area contributed by atoms with Crippen molar-refractivity contribution in [3.63, 3.8) is 0 Å². The summed E-state index contributed by atoms with van der Waals surface area (Å²) in [5.41, 5.74) is 0. The van der Waals surface area contributed by atoms with Gasteiger partial charge in [0.05, 0.1) is 0 Å². The summed E-state index contributed by atoms with van der Waals surface area (Å²) < 4.78 is 0. The van der Waals surface area contributed by atoms with Gasteiger partial charge in [-0.3, -0.25) is 0 Å². The second kappa shape index (κ2) is 2.94. The summed E-state index contributed by atoms with van der Waals surface area (Å²) in [6.07, 6.45) is 2.35. The lowest BCUT2D eigenvalue weighted by Gasteiger charge is -2.24. The molecule has 1 saturated carbocycles. The van der Waals surface area contributed by atoms with Crippen molar-refractivity contribution in [3.05, 3.63) is 0 Å². The maximum absolute atomic E-state index is 10.9. The Morgan fingerprint density at radius 2 is 2.08 bits per heavy atom. The van der Waals surface area contributed by atoms with Crippen molar-refractivity contribution < 1.29 is 9.90 Å². The second-order valence-corrected chi connectivity index (χ2v) is 3.57. The van der Waals surface area contributed by atoms with E-state index in [-0.39, 0.29) is 6.04 Å². The van der Waals surface area contributed by atoms with Crippen molar-refractivity contribution >= 4 is 6.09 Å². The highest BCUT2D eigenvalue weighted by Gasteiger charge is 2.38. The number of nitrogens with one attached hydrogen (secondary N) is 1. The molecule has 0 aromatic carbocycles. The normalized spacial score (nSPS) is 28.8. The molecule has 2 rings (SSSR count). The average molecular weight is 170 g/mol. The van der Waals surface area contributed by atoms with E-state index in [1.165, 1.54) is 0 Å². The molecule has 1 saturated heterocycles. The standard InChI is InChI=1S/C8H14N2O2/c11-8(12)10(6-1-2-6)7-3-4-9-5-7/h6-7,9H,1-5H2,(H,11,12). The van der Waals surface area contributed by atoms with Crippen LogP contribution < -0.4 is 5.32 Å². The van der Waals surface area contributed by atoms with E-state index in [2.05, 4.69) is 5.32 Å². The number of carbonyl (C=O) groups is 1. The summed E-state index contributed by atoms with van der Waals surface area (Å²) >= 11 is 0. The van der Waals surface area contributed by atoms with Crippen LogP contribution in [0.25, 0.3) is 0 Å². The van der Waals surface area contributed by atoms with E-state index >= 15 is 0 Å². The molecule has 4 nitrogen and oxygen atoms in total. The molecule has 0 radical (unpaired) electrons. The van der Waals surface area contributed by atoms with E-state index in [1.54, 1.807) is 4.90 Å². The minimum absolute atomic E-state index is 0.231. The van der Waals surface area contributed by atoms with Crippen LogP contribution >= 0.6 is 0 Å². The van der Waals surface area contributed by atoms with E-state index in [1.807, 2.05) is 0 Å². The molecular weight excluding hydrogens is 156 g/mol. The van der Waals surface area contributed by atoms with Gasteiger partial charge in [0.2, 0.25) is 0 Å². The van der Waals surface area contributed by atoms with Gasteiger partial charge < -0.3 is 15.3 Å². The monoisotopic (exact) mass is 170 g/mol. The fourth-order valence-corrected chi connectivity index (χ4v) is 1.84. The zero-order chi connectivity index (χ0) is 8.55. The highest BCUT2D eigenvalue weighted by molar-refractivity contribution is 5.66. The van der Waals surface area contributed by atoms with Crippen molar-refractivity contribution in [2.24, 2.45) is 0 Å². The first kappa shape index (κ1) is 7.86. The van der Waals surface area contributed by atoms with Gasteiger partial charge in [-0.15, -0.1) is 0 Å². The highest BCUT2D eigenvalue weighted by Crippen LogP contribution is 2.30. The molecule has 1 aliphatic heterocycles. The minimum Gasteiger partial charge on any atom is -0.465 e. The predicted molar refractivity (Wildman–Crippen MR) is 44.2 cm³/mol. The largest absolute Gasteiger partial charge is 0.465 e. The van der Waals surface area contributed by atoms with E-state index in [4.69, 9.17) is 5.11 Å². The number of nitrogens with zero attached hydrogens (tertiary/aromatic N) is 1. The van der Waals surface area contributed by atoms with Gasteiger partial charge in [-0.2, -0.15) is 0 Å². The maximum atomic E-state index is 10.9. The van der Waals surface area contributed by atoms with Gasteiger partial charge in [-0.05, 0) is 25.8 Å². The first-order valence-corrected chi connectivity index (χ1v) is 4.51. The van der Waals surface area contributed by atoms with Gasteiger partial charge in [0.15, 0.2) is 0 Å². The molecule has 0 spiro atoms. The predicted octanol–water partition coefficient (Wildman–Crippen LogP) is 0.491.